The normalized spacial score (nSPS) is 25.2. The van der Waals surface area contributed by atoms with Crippen LogP contribution in [0.3, 0.4) is 0 Å². The fourth-order valence-electron chi connectivity index (χ4n) is 2.78. The Hall–Kier alpha value is -1.88. The van der Waals surface area contributed by atoms with Gasteiger partial charge in [0.1, 0.15) is 6.04 Å². The molecule has 0 bridgehead atoms. The molecule has 1 aromatic carbocycles. The number of carbonyl (C=O) groups excluding carboxylic acids is 2. The number of likely N-dealkylation sites (tertiary alicyclic amines) is 1. The van der Waals surface area contributed by atoms with E-state index in [9.17, 15) is 9.59 Å². The van der Waals surface area contributed by atoms with Gasteiger partial charge in [-0.3, -0.25) is 4.79 Å². The van der Waals surface area contributed by atoms with Crippen LogP contribution in [0.25, 0.3) is 0 Å². The predicted octanol–water partition coefficient (Wildman–Crippen LogP) is 1.47. The maximum atomic E-state index is 12.0. The molecule has 1 amide bonds. The highest BCUT2D eigenvalue weighted by molar-refractivity contribution is 5.90. The molecule has 1 aromatic rings. The van der Waals surface area contributed by atoms with Crippen LogP contribution < -0.4 is 0 Å². The van der Waals surface area contributed by atoms with E-state index in [4.69, 9.17) is 9.47 Å². The summed E-state index contributed by atoms with van der Waals surface area (Å²) in [4.78, 5) is 25.4. The lowest BCUT2D eigenvalue weighted by molar-refractivity contribution is -0.149. The summed E-state index contributed by atoms with van der Waals surface area (Å²) in [5.41, 5.74) is 1.07. The van der Waals surface area contributed by atoms with Crippen LogP contribution in [0.5, 0.6) is 0 Å². The van der Waals surface area contributed by atoms with Crippen molar-refractivity contribution in [2.45, 2.75) is 19.6 Å². The van der Waals surface area contributed by atoms with Crippen molar-refractivity contribution in [3.8, 4) is 0 Å². The second-order valence-electron chi connectivity index (χ2n) is 5.37. The highest BCUT2D eigenvalue weighted by Crippen LogP contribution is 2.31. The summed E-state index contributed by atoms with van der Waals surface area (Å²) < 4.78 is 10.5. The van der Waals surface area contributed by atoms with E-state index in [1.165, 1.54) is 12.0 Å². The van der Waals surface area contributed by atoms with Crippen molar-refractivity contribution >= 4 is 11.9 Å². The summed E-state index contributed by atoms with van der Waals surface area (Å²) in [5.74, 6) is -0.851. The molecule has 5 nitrogen and oxygen atoms in total. The molecule has 2 rings (SSSR count). The molecule has 0 aliphatic carbocycles. The molecule has 0 spiro atoms. The van der Waals surface area contributed by atoms with E-state index in [1.54, 1.807) is 7.05 Å². The molecule has 1 aliphatic heterocycles. The fraction of sp³-hybridized carbons (Fsp3) is 0.500. The minimum absolute atomic E-state index is 0.0429. The van der Waals surface area contributed by atoms with Crippen LogP contribution in [0.15, 0.2) is 30.3 Å². The van der Waals surface area contributed by atoms with Crippen LogP contribution in [-0.2, 0) is 25.7 Å². The Labute approximate surface area is 124 Å². The molecule has 1 heterocycles. The number of carbonyl (C=O) groups is 2. The van der Waals surface area contributed by atoms with Gasteiger partial charge in [-0.05, 0) is 5.56 Å². The quantitative estimate of drug-likeness (QED) is 0.771. The van der Waals surface area contributed by atoms with Crippen molar-refractivity contribution in [3.05, 3.63) is 35.9 Å². The Balaban J connectivity index is 1.99. The van der Waals surface area contributed by atoms with Crippen LogP contribution in [0.2, 0.25) is 0 Å². The highest BCUT2D eigenvalue weighted by Gasteiger charge is 2.48. The topological polar surface area (TPSA) is 55.8 Å². The van der Waals surface area contributed by atoms with Gasteiger partial charge >= 0.3 is 5.97 Å². The lowest BCUT2D eigenvalue weighted by Crippen LogP contribution is -2.40. The van der Waals surface area contributed by atoms with Gasteiger partial charge in [0.05, 0.1) is 20.3 Å². The monoisotopic (exact) mass is 291 g/mol. The maximum Gasteiger partial charge on any atom is 0.328 e. The number of ether oxygens (including phenoxy) is 2. The third-order valence-corrected chi connectivity index (χ3v) is 4.07. The van der Waals surface area contributed by atoms with Crippen LogP contribution in [0, 0.1) is 11.8 Å². The first-order chi connectivity index (χ1) is 10.1. The number of benzene rings is 1. The molecule has 1 fully saturated rings. The molecule has 21 heavy (non-hydrogen) atoms. The zero-order chi connectivity index (χ0) is 15.4. The molecule has 0 unspecified atom stereocenters. The molecule has 0 aromatic heterocycles. The molecular weight excluding hydrogens is 270 g/mol. The minimum atomic E-state index is -0.562. The summed E-state index contributed by atoms with van der Waals surface area (Å²) in [6, 6.07) is 9.24. The van der Waals surface area contributed by atoms with E-state index in [2.05, 4.69) is 0 Å². The van der Waals surface area contributed by atoms with E-state index in [0.717, 1.165) is 5.56 Å². The van der Waals surface area contributed by atoms with Gasteiger partial charge in [-0.1, -0.05) is 37.3 Å². The van der Waals surface area contributed by atoms with Gasteiger partial charge in [0.15, 0.2) is 0 Å². The van der Waals surface area contributed by atoms with E-state index >= 15 is 0 Å². The molecule has 1 aliphatic rings. The Kier molecular flexibility index (Phi) is 4.96. The fourth-order valence-corrected chi connectivity index (χ4v) is 2.78. The summed E-state index contributed by atoms with van der Waals surface area (Å²) in [6.45, 7) is 2.65. The minimum Gasteiger partial charge on any atom is -0.467 e. The standard InChI is InChI=1S/C16H21NO4/c1-11-13(10-21-9-12-7-5-4-6-8-12)14(16(19)20-3)17(2)15(11)18/h4-8,11,13-14H,9-10H2,1-3H3/t11-,13+,14+/m1/s1. The summed E-state index contributed by atoms with van der Waals surface area (Å²) >= 11 is 0. The summed E-state index contributed by atoms with van der Waals surface area (Å²) in [6.07, 6.45) is 0. The zero-order valence-electron chi connectivity index (χ0n) is 12.6. The van der Waals surface area contributed by atoms with Gasteiger partial charge in [-0.25, -0.2) is 4.79 Å². The lowest BCUT2D eigenvalue weighted by Gasteiger charge is -2.22. The molecular formula is C16H21NO4. The summed E-state index contributed by atoms with van der Waals surface area (Å²) in [7, 11) is 2.98. The van der Waals surface area contributed by atoms with Gasteiger partial charge in [-0.15, -0.1) is 0 Å². The van der Waals surface area contributed by atoms with Crippen molar-refractivity contribution in [3.63, 3.8) is 0 Å². The summed E-state index contributed by atoms with van der Waals surface area (Å²) in [5, 5.41) is 0. The van der Waals surface area contributed by atoms with E-state index in [0.29, 0.717) is 13.2 Å². The van der Waals surface area contributed by atoms with Crippen LogP contribution in [0.4, 0.5) is 0 Å². The number of amides is 1. The van der Waals surface area contributed by atoms with Gasteiger partial charge in [0, 0.05) is 18.9 Å². The Bertz CT molecular complexity index is 502. The third-order valence-electron chi connectivity index (χ3n) is 4.07. The Morgan fingerprint density at radius 3 is 2.57 bits per heavy atom. The van der Waals surface area contributed by atoms with Crippen molar-refractivity contribution in [1.82, 2.24) is 4.90 Å². The van der Waals surface area contributed by atoms with Crippen LogP contribution in [0.1, 0.15) is 12.5 Å². The van der Waals surface area contributed by atoms with E-state index < -0.39 is 6.04 Å². The number of esters is 1. The van der Waals surface area contributed by atoms with Crippen molar-refractivity contribution in [1.29, 1.82) is 0 Å². The first kappa shape index (κ1) is 15.5. The second-order valence-corrected chi connectivity index (χ2v) is 5.37. The molecule has 0 N–H and O–H groups in total. The Morgan fingerprint density at radius 2 is 1.95 bits per heavy atom. The number of likely N-dealkylation sites (N-methyl/N-ethyl adjacent to an activating group) is 1. The van der Waals surface area contributed by atoms with Gasteiger partial charge < -0.3 is 14.4 Å². The largest absolute Gasteiger partial charge is 0.467 e. The number of nitrogens with zero attached hydrogens (tertiary/aromatic N) is 1. The zero-order valence-corrected chi connectivity index (χ0v) is 12.6. The third kappa shape index (κ3) is 3.24. The first-order valence-electron chi connectivity index (χ1n) is 7.02. The first-order valence-corrected chi connectivity index (χ1v) is 7.02. The molecule has 0 radical (unpaired) electrons. The van der Waals surface area contributed by atoms with Crippen molar-refractivity contribution in [2.75, 3.05) is 20.8 Å². The molecule has 5 heteroatoms. The maximum absolute atomic E-state index is 12.0. The average Bonchev–Trinajstić information content (AvgIpc) is 2.72. The molecule has 114 valence electrons. The molecule has 1 saturated heterocycles. The predicted molar refractivity (Wildman–Crippen MR) is 77.3 cm³/mol. The van der Waals surface area contributed by atoms with Crippen LogP contribution in [-0.4, -0.2) is 43.6 Å². The second kappa shape index (κ2) is 6.72. The molecule has 3 atom stereocenters. The average molecular weight is 291 g/mol. The van der Waals surface area contributed by atoms with Gasteiger partial charge in [0.2, 0.25) is 5.91 Å². The number of hydrogen-bond donors (Lipinski definition) is 0. The number of rotatable bonds is 5. The lowest BCUT2D eigenvalue weighted by atomic mass is 9.92. The number of methoxy groups -OCH3 is 1. The van der Waals surface area contributed by atoms with Gasteiger partial charge in [-0.2, -0.15) is 0 Å². The van der Waals surface area contributed by atoms with Crippen LogP contribution >= 0.6 is 0 Å². The number of hydrogen-bond acceptors (Lipinski definition) is 4. The van der Waals surface area contributed by atoms with Crippen molar-refractivity contribution in [2.24, 2.45) is 11.8 Å². The smallest absolute Gasteiger partial charge is 0.328 e. The Morgan fingerprint density at radius 1 is 1.29 bits per heavy atom. The highest BCUT2D eigenvalue weighted by atomic mass is 16.5. The van der Waals surface area contributed by atoms with E-state index in [-0.39, 0.29) is 23.7 Å². The van der Waals surface area contributed by atoms with E-state index in [1.807, 2.05) is 37.3 Å². The molecule has 0 saturated carbocycles. The SMILES string of the molecule is COC(=O)[C@@H]1[C@@H](COCc2ccccc2)[C@@H](C)C(=O)N1C. The van der Waals surface area contributed by atoms with Crippen molar-refractivity contribution < 1.29 is 19.1 Å². The van der Waals surface area contributed by atoms with Gasteiger partial charge in [0.25, 0.3) is 0 Å².